The molecule has 0 radical (unpaired) electrons. The zero-order valence-electron chi connectivity index (χ0n) is 15.7. The zero-order chi connectivity index (χ0) is 21.0. The summed E-state index contributed by atoms with van der Waals surface area (Å²) < 4.78 is 0. The van der Waals surface area contributed by atoms with Crippen molar-refractivity contribution in [3.63, 3.8) is 0 Å². The number of aryl methyl sites for hydroxylation is 1. The number of nitrogens with zero attached hydrogens (tertiary/aromatic N) is 1. The maximum Gasteiger partial charge on any atom is 0.293 e. The fraction of sp³-hybridized carbons (Fsp3) is 0.190. The minimum absolute atomic E-state index is 0.0343. The molecular formula is C21H20N2O5S. The van der Waals surface area contributed by atoms with E-state index in [1.165, 1.54) is 17.7 Å². The third-order valence-corrected chi connectivity index (χ3v) is 5.33. The Hall–Kier alpha value is -3.26. The number of carbonyl (C=O) groups excluding carboxylic acids is 3. The Bertz CT molecular complexity index is 985. The number of carbonyl (C=O) groups is 3. The van der Waals surface area contributed by atoms with Gasteiger partial charge in [0.15, 0.2) is 11.5 Å². The molecular weight excluding hydrogens is 392 g/mol. The number of rotatable bonds is 6. The van der Waals surface area contributed by atoms with E-state index in [9.17, 15) is 24.6 Å². The molecule has 1 heterocycles. The molecule has 2 aromatic carbocycles. The van der Waals surface area contributed by atoms with Crippen molar-refractivity contribution in [3.8, 4) is 11.5 Å². The van der Waals surface area contributed by atoms with Crippen molar-refractivity contribution < 1.29 is 24.6 Å². The Morgan fingerprint density at radius 1 is 1.10 bits per heavy atom. The van der Waals surface area contributed by atoms with Crippen LogP contribution in [0.5, 0.6) is 11.5 Å². The first-order valence-corrected chi connectivity index (χ1v) is 9.85. The molecule has 0 unspecified atom stereocenters. The largest absolute Gasteiger partial charge is 0.504 e. The van der Waals surface area contributed by atoms with Gasteiger partial charge in [0.05, 0.1) is 4.91 Å². The van der Waals surface area contributed by atoms with Gasteiger partial charge in [0.2, 0.25) is 0 Å². The third kappa shape index (κ3) is 4.78. The molecule has 1 aliphatic heterocycles. The fourth-order valence-corrected chi connectivity index (χ4v) is 3.61. The van der Waals surface area contributed by atoms with Gasteiger partial charge in [0, 0.05) is 18.7 Å². The highest BCUT2D eigenvalue weighted by Gasteiger charge is 2.34. The van der Waals surface area contributed by atoms with Gasteiger partial charge in [-0.3, -0.25) is 19.3 Å². The number of hydrogen-bond donors (Lipinski definition) is 3. The maximum absolute atomic E-state index is 12.5. The second kappa shape index (κ2) is 8.83. The summed E-state index contributed by atoms with van der Waals surface area (Å²) in [5, 5.41) is 20.9. The number of phenols is 2. The van der Waals surface area contributed by atoms with Gasteiger partial charge in [-0.15, -0.1) is 0 Å². The van der Waals surface area contributed by atoms with E-state index in [-0.39, 0.29) is 29.6 Å². The molecule has 0 saturated carbocycles. The Kier molecular flexibility index (Phi) is 6.23. The number of nitrogens with one attached hydrogen (secondary N) is 1. The van der Waals surface area contributed by atoms with Crippen LogP contribution in [-0.2, 0) is 11.2 Å². The van der Waals surface area contributed by atoms with Crippen molar-refractivity contribution in [2.45, 2.75) is 13.3 Å². The Morgan fingerprint density at radius 3 is 2.48 bits per heavy atom. The molecule has 3 amide bonds. The van der Waals surface area contributed by atoms with Crippen LogP contribution in [0.1, 0.15) is 28.4 Å². The van der Waals surface area contributed by atoms with Crippen LogP contribution >= 0.6 is 11.8 Å². The standard InChI is InChI=1S/C21H20N2O5S/c1-2-13-3-5-14(6-4-13)11-18-20(27)23(21(28)29-18)10-9-22-19(26)15-7-8-16(24)17(25)12-15/h3-8,11-12,24-25H,2,9-10H2,1H3,(H,22,26). The van der Waals surface area contributed by atoms with E-state index >= 15 is 0 Å². The summed E-state index contributed by atoms with van der Waals surface area (Å²) in [5.74, 6) is -1.61. The molecule has 2 aromatic rings. The van der Waals surface area contributed by atoms with E-state index < -0.39 is 17.6 Å². The number of phenolic OH excluding ortho intramolecular Hbond substituents is 2. The van der Waals surface area contributed by atoms with Crippen molar-refractivity contribution >= 4 is 34.9 Å². The summed E-state index contributed by atoms with van der Waals surface area (Å²) in [5.41, 5.74) is 2.19. The van der Waals surface area contributed by atoms with Crippen LogP contribution in [0.15, 0.2) is 47.4 Å². The average Bonchev–Trinajstić information content (AvgIpc) is 2.97. The Balaban J connectivity index is 1.59. The lowest BCUT2D eigenvalue weighted by Gasteiger charge is -2.13. The summed E-state index contributed by atoms with van der Waals surface area (Å²) >= 11 is 0.870. The lowest BCUT2D eigenvalue weighted by molar-refractivity contribution is -0.122. The maximum atomic E-state index is 12.5. The van der Waals surface area contributed by atoms with Gasteiger partial charge in [-0.05, 0) is 53.6 Å². The molecule has 3 N–H and O–H groups in total. The van der Waals surface area contributed by atoms with E-state index in [0.29, 0.717) is 4.91 Å². The van der Waals surface area contributed by atoms with E-state index in [4.69, 9.17) is 0 Å². The van der Waals surface area contributed by atoms with Gasteiger partial charge in [-0.1, -0.05) is 31.2 Å². The second-order valence-corrected chi connectivity index (χ2v) is 7.38. The molecule has 1 saturated heterocycles. The molecule has 3 rings (SSSR count). The molecule has 0 aromatic heterocycles. The van der Waals surface area contributed by atoms with Gasteiger partial charge in [0.1, 0.15) is 0 Å². The molecule has 0 aliphatic carbocycles. The monoisotopic (exact) mass is 412 g/mol. The average molecular weight is 412 g/mol. The SMILES string of the molecule is CCc1ccc(C=C2SC(=O)N(CCNC(=O)c3ccc(O)c(O)c3)C2=O)cc1. The normalized spacial score (nSPS) is 15.2. The first-order valence-electron chi connectivity index (χ1n) is 9.03. The molecule has 0 bridgehead atoms. The summed E-state index contributed by atoms with van der Waals surface area (Å²) in [6.45, 7) is 2.16. The van der Waals surface area contributed by atoms with E-state index in [1.54, 1.807) is 6.08 Å². The summed E-state index contributed by atoms with van der Waals surface area (Å²) in [7, 11) is 0. The predicted molar refractivity (Wildman–Crippen MR) is 111 cm³/mol. The number of imide groups is 1. The van der Waals surface area contributed by atoms with Crippen molar-refractivity contribution in [1.29, 1.82) is 0 Å². The van der Waals surface area contributed by atoms with E-state index in [0.717, 1.165) is 34.7 Å². The molecule has 1 fully saturated rings. The highest BCUT2D eigenvalue weighted by Crippen LogP contribution is 2.32. The van der Waals surface area contributed by atoms with Crippen molar-refractivity contribution in [2.75, 3.05) is 13.1 Å². The molecule has 1 aliphatic rings. The summed E-state index contributed by atoms with van der Waals surface area (Å²) in [6, 6.07) is 11.5. The van der Waals surface area contributed by atoms with Crippen LogP contribution < -0.4 is 5.32 Å². The van der Waals surface area contributed by atoms with Crippen molar-refractivity contribution in [1.82, 2.24) is 10.2 Å². The number of hydrogen-bond acceptors (Lipinski definition) is 6. The van der Waals surface area contributed by atoms with Crippen molar-refractivity contribution in [2.24, 2.45) is 0 Å². The molecule has 0 atom stereocenters. The Labute approximate surface area is 172 Å². The second-order valence-electron chi connectivity index (χ2n) is 6.39. The molecule has 150 valence electrons. The summed E-state index contributed by atoms with van der Waals surface area (Å²) in [6.07, 6.45) is 2.61. The highest BCUT2D eigenvalue weighted by atomic mass is 32.2. The first kappa shape index (κ1) is 20.5. The lowest BCUT2D eigenvalue weighted by Crippen LogP contribution is -2.37. The number of thioether (sulfide) groups is 1. The zero-order valence-corrected chi connectivity index (χ0v) is 16.5. The highest BCUT2D eigenvalue weighted by molar-refractivity contribution is 8.18. The fourth-order valence-electron chi connectivity index (χ4n) is 2.74. The third-order valence-electron chi connectivity index (χ3n) is 4.42. The smallest absolute Gasteiger partial charge is 0.293 e. The molecule has 8 heteroatoms. The first-order chi connectivity index (χ1) is 13.9. The molecule has 29 heavy (non-hydrogen) atoms. The van der Waals surface area contributed by atoms with Crippen LogP contribution in [0, 0.1) is 0 Å². The van der Waals surface area contributed by atoms with Crippen LogP contribution in [-0.4, -0.2) is 45.3 Å². The topological polar surface area (TPSA) is 107 Å². The van der Waals surface area contributed by atoms with Gasteiger partial charge >= 0.3 is 0 Å². The van der Waals surface area contributed by atoms with Crippen molar-refractivity contribution in [3.05, 3.63) is 64.1 Å². The van der Waals surface area contributed by atoms with Crippen LogP contribution in [0.3, 0.4) is 0 Å². The summed E-state index contributed by atoms with van der Waals surface area (Å²) in [4.78, 5) is 38.2. The predicted octanol–water partition coefficient (Wildman–Crippen LogP) is 3.13. The molecule has 0 spiro atoms. The van der Waals surface area contributed by atoms with Gasteiger partial charge < -0.3 is 15.5 Å². The minimum atomic E-state index is -0.487. The minimum Gasteiger partial charge on any atom is -0.504 e. The number of benzene rings is 2. The number of amides is 3. The Morgan fingerprint density at radius 2 is 1.83 bits per heavy atom. The van der Waals surface area contributed by atoms with Crippen LogP contribution in [0.4, 0.5) is 4.79 Å². The van der Waals surface area contributed by atoms with Crippen LogP contribution in [0.25, 0.3) is 6.08 Å². The van der Waals surface area contributed by atoms with Crippen LogP contribution in [0.2, 0.25) is 0 Å². The van der Waals surface area contributed by atoms with Gasteiger partial charge in [-0.2, -0.15) is 0 Å². The molecule has 7 nitrogen and oxygen atoms in total. The quantitative estimate of drug-likeness (QED) is 0.497. The lowest BCUT2D eigenvalue weighted by atomic mass is 10.1. The van der Waals surface area contributed by atoms with E-state index in [2.05, 4.69) is 12.2 Å². The van der Waals surface area contributed by atoms with Gasteiger partial charge in [-0.25, -0.2) is 0 Å². The number of aromatic hydroxyl groups is 2. The van der Waals surface area contributed by atoms with Gasteiger partial charge in [0.25, 0.3) is 17.1 Å². The van der Waals surface area contributed by atoms with E-state index in [1.807, 2.05) is 24.3 Å².